The van der Waals surface area contributed by atoms with E-state index in [1.807, 2.05) is 18.2 Å². The van der Waals surface area contributed by atoms with E-state index in [-0.39, 0.29) is 0 Å². The molecule has 0 aromatic heterocycles. The maximum absolute atomic E-state index is 6.16. The first-order valence-corrected chi connectivity index (χ1v) is 6.76. The number of benzene rings is 1. The topological polar surface area (TPSA) is 12.0 Å². The highest BCUT2D eigenvalue weighted by molar-refractivity contribution is 6.31. The zero-order valence-electron chi connectivity index (χ0n) is 11.4. The summed E-state index contributed by atoms with van der Waals surface area (Å²) in [6, 6.07) is 8.37. The average Bonchev–Trinajstić information content (AvgIpc) is 2.23. The number of nitrogens with one attached hydrogen (secondary N) is 1. The van der Waals surface area contributed by atoms with Gasteiger partial charge in [0.05, 0.1) is 0 Å². The molecule has 2 heteroatoms. The van der Waals surface area contributed by atoms with E-state index in [0.717, 1.165) is 11.6 Å². The van der Waals surface area contributed by atoms with Gasteiger partial charge >= 0.3 is 0 Å². The quantitative estimate of drug-likeness (QED) is 0.742. The van der Waals surface area contributed by atoms with Crippen molar-refractivity contribution in [3.8, 4) is 0 Å². The molecule has 1 aromatic rings. The maximum Gasteiger partial charge on any atom is 0.0453 e. The molecule has 0 bridgehead atoms. The van der Waals surface area contributed by atoms with Crippen LogP contribution in [0.3, 0.4) is 0 Å². The summed E-state index contributed by atoms with van der Waals surface area (Å²) in [5.41, 5.74) is 1.61. The lowest BCUT2D eigenvalue weighted by Crippen LogP contribution is -2.21. The van der Waals surface area contributed by atoms with Crippen LogP contribution >= 0.6 is 11.6 Å². The molecule has 0 spiro atoms. The average molecular weight is 254 g/mol. The van der Waals surface area contributed by atoms with Gasteiger partial charge in [0.1, 0.15) is 0 Å². The fraction of sp³-hybridized carbons (Fsp3) is 0.600. The predicted molar refractivity (Wildman–Crippen MR) is 76.6 cm³/mol. The molecular weight excluding hydrogens is 230 g/mol. The first kappa shape index (κ1) is 14.5. The zero-order valence-corrected chi connectivity index (χ0v) is 12.1. The first-order valence-electron chi connectivity index (χ1n) is 6.38. The number of halogens is 1. The van der Waals surface area contributed by atoms with Gasteiger partial charge in [-0.1, -0.05) is 50.6 Å². The first-order chi connectivity index (χ1) is 7.90. The number of hydrogen-bond acceptors (Lipinski definition) is 1. The summed E-state index contributed by atoms with van der Waals surface area (Å²) in [5.74, 6) is 0. The summed E-state index contributed by atoms with van der Waals surface area (Å²) >= 11 is 6.16. The maximum atomic E-state index is 6.16. The van der Waals surface area contributed by atoms with Crippen molar-refractivity contribution >= 4 is 11.6 Å². The molecule has 1 atom stereocenters. The Morgan fingerprint density at radius 3 is 2.47 bits per heavy atom. The van der Waals surface area contributed by atoms with Gasteiger partial charge in [0.2, 0.25) is 0 Å². The molecule has 0 amide bonds. The molecule has 0 unspecified atom stereocenters. The summed E-state index contributed by atoms with van der Waals surface area (Å²) in [7, 11) is 0. The summed E-state index contributed by atoms with van der Waals surface area (Å²) in [6.07, 6.45) is 2.45. The summed E-state index contributed by atoms with van der Waals surface area (Å²) in [5, 5.41) is 4.38. The fourth-order valence-corrected chi connectivity index (χ4v) is 2.17. The van der Waals surface area contributed by atoms with Crippen molar-refractivity contribution in [3.05, 3.63) is 34.9 Å². The van der Waals surface area contributed by atoms with Crippen molar-refractivity contribution in [2.75, 3.05) is 6.54 Å². The van der Waals surface area contributed by atoms with E-state index in [9.17, 15) is 0 Å². The van der Waals surface area contributed by atoms with E-state index in [4.69, 9.17) is 11.6 Å². The molecule has 0 aliphatic heterocycles. The molecule has 0 radical (unpaired) electrons. The van der Waals surface area contributed by atoms with Crippen LogP contribution < -0.4 is 5.32 Å². The van der Waals surface area contributed by atoms with Gasteiger partial charge in [0, 0.05) is 11.1 Å². The van der Waals surface area contributed by atoms with Crippen LogP contribution in [0.5, 0.6) is 0 Å². The Bertz CT molecular complexity index is 341. The zero-order chi connectivity index (χ0) is 12.9. The Labute approximate surface area is 111 Å². The highest BCUT2D eigenvalue weighted by atomic mass is 35.5. The second-order valence-electron chi connectivity index (χ2n) is 5.86. The second kappa shape index (κ2) is 6.42. The molecular formula is C15H24ClN. The second-order valence-corrected chi connectivity index (χ2v) is 6.27. The van der Waals surface area contributed by atoms with Crippen LogP contribution in [0.2, 0.25) is 5.02 Å². The minimum Gasteiger partial charge on any atom is -0.310 e. The Balaban J connectivity index is 2.36. The molecule has 0 aliphatic rings. The van der Waals surface area contributed by atoms with Crippen molar-refractivity contribution in [1.29, 1.82) is 0 Å². The summed E-state index contributed by atoms with van der Waals surface area (Å²) < 4.78 is 0. The van der Waals surface area contributed by atoms with Crippen LogP contribution in [-0.4, -0.2) is 6.54 Å². The smallest absolute Gasteiger partial charge is 0.0453 e. The van der Waals surface area contributed by atoms with Crippen molar-refractivity contribution < 1.29 is 0 Å². The van der Waals surface area contributed by atoms with E-state index in [0.29, 0.717) is 11.5 Å². The largest absolute Gasteiger partial charge is 0.310 e. The van der Waals surface area contributed by atoms with E-state index in [1.165, 1.54) is 18.4 Å². The molecule has 1 nitrogen and oxygen atoms in total. The van der Waals surface area contributed by atoms with Crippen molar-refractivity contribution in [1.82, 2.24) is 5.32 Å². The molecule has 0 saturated heterocycles. The third kappa shape index (κ3) is 5.56. The van der Waals surface area contributed by atoms with E-state index in [2.05, 4.69) is 39.1 Å². The number of rotatable bonds is 5. The van der Waals surface area contributed by atoms with E-state index < -0.39 is 0 Å². The van der Waals surface area contributed by atoms with Crippen LogP contribution in [0.4, 0.5) is 0 Å². The van der Waals surface area contributed by atoms with Crippen LogP contribution in [0.25, 0.3) is 0 Å². The van der Waals surface area contributed by atoms with Gasteiger partial charge in [0.15, 0.2) is 0 Å². The van der Waals surface area contributed by atoms with Crippen LogP contribution in [0.1, 0.15) is 52.1 Å². The van der Waals surface area contributed by atoms with Crippen molar-refractivity contribution in [3.63, 3.8) is 0 Å². The highest BCUT2D eigenvalue weighted by Gasteiger charge is 2.11. The van der Waals surface area contributed by atoms with Crippen molar-refractivity contribution in [2.24, 2.45) is 5.41 Å². The highest BCUT2D eigenvalue weighted by Crippen LogP contribution is 2.23. The van der Waals surface area contributed by atoms with Crippen LogP contribution in [0, 0.1) is 5.41 Å². The minimum absolute atomic E-state index is 0.323. The van der Waals surface area contributed by atoms with Gasteiger partial charge in [0.25, 0.3) is 0 Å². The lowest BCUT2D eigenvalue weighted by molar-refractivity contribution is 0.357. The molecule has 0 heterocycles. The molecule has 17 heavy (non-hydrogen) atoms. The molecule has 1 rings (SSSR count). The summed E-state index contributed by atoms with van der Waals surface area (Å²) in [6.45, 7) is 10.1. The monoisotopic (exact) mass is 253 g/mol. The lowest BCUT2D eigenvalue weighted by Gasteiger charge is -2.20. The Morgan fingerprint density at radius 2 is 1.88 bits per heavy atom. The molecule has 96 valence electrons. The van der Waals surface area contributed by atoms with Gasteiger partial charge in [-0.25, -0.2) is 0 Å². The van der Waals surface area contributed by atoms with E-state index >= 15 is 0 Å². The van der Waals surface area contributed by atoms with Crippen LogP contribution in [0.15, 0.2) is 24.3 Å². The van der Waals surface area contributed by atoms with E-state index in [1.54, 1.807) is 0 Å². The molecule has 1 N–H and O–H groups in total. The van der Waals surface area contributed by atoms with Crippen molar-refractivity contribution in [2.45, 2.75) is 46.6 Å². The van der Waals surface area contributed by atoms with Crippen LogP contribution in [-0.2, 0) is 0 Å². The third-order valence-corrected chi connectivity index (χ3v) is 3.27. The van der Waals surface area contributed by atoms with Gasteiger partial charge in [-0.15, -0.1) is 0 Å². The minimum atomic E-state index is 0.323. The Morgan fingerprint density at radius 1 is 1.24 bits per heavy atom. The lowest BCUT2D eigenvalue weighted by atomic mass is 9.90. The van der Waals surface area contributed by atoms with Gasteiger partial charge < -0.3 is 5.32 Å². The standard InChI is InChI=1S/C15H24ClN/c1-12(13-8-5-6-9-14(13)16)17-11-7-10-15(2,3)4/h5-6,8-9,12,17H,7,10-11H2,1-4H3/t12-/m0/s1. The van der Waals surface area contributed by atoms with Gasteiger partial charge in [-0.05, 0) is 43.4 Å². The summed E-state index contributed by atoms with van der Waals surface area (Å²) in [4.78, 5) is 0. The molecule has 0 aliphatic carbocycles. The Hall–Kier alpha value is -0.530. The van der Waals surface area contributed by atoms with Gasteiger partial charge in [-0.2, -0.15) is 0 Å². The SMILES string of the molecule is C[C@H](NCCCC(C)(C)C)c1ccccc1Cl. The molecule has 0 fully saturated rings. The Kier molecular flexibility index (Phi) is 5.48. The molecule has 1 aromatic carbocycles. The fourth-order valence-electron chi connectivity index (χ4n) is 1.87. The molecule has 0 saturated carbocycles. The number of hydrogen-bond donors (Lipinski definition) is 1. The van der Waals surface area contributed by atoms with Gasteiger partial charge in [-0.3, -0.25) is 0 Å². The predicted octanol–water partition coefficient (Wildman–Crippen LogP) is 4.82. The normalized spacial score (nSPS) is 13.7. The third-order valence-electron chi connectivity index (χ3n) is 2.93.